The van der Waals surface area contributed by atoms with Crippen molar-refractivity contribution in [2.24, 2.45) is 0 Å². The monoisotopic (exact) mass is 264 g/mol. The Balaban J connectivity index is 2.59. The fraction of sp³-hybridized carbons (Fsp3) is 0.385. The Morgan fingerprint density at radius 2 is 2.28 bits per heavy atom. The number of nitriles is 1. The molecule has 0 aliphatic heterocycles. The first-order valence-electron chi connectivity index (χ1n) is 5.64. The van der Waals surface area contributed by atoms with Crippen LogP contribution in [0.2, 0.25) is 0 Å². The summed E-state index contributed by atoms with van der Waals surface area (Å²) in [6.07, 6.45) is 2.32. The normalized spacial score (nSPS) is 13.4. The van der Waals surface area contributed by atoms with Crippen LogP contribution in [-0.4, -0.2) is 28.2 Å². The number of rotatable bonds is 5. The van der Waals surface area contributed by atoms with E-state index in [-0.39, 0.29) is 11.9 Å². The van der Waals surface area contributed by atoms with E-state index in [0.717, 1.165) is 0 Å². The summed E-state index contributed by atoms with van der Waals surface area (Å²) in [5, 5.41) is 11.6. The van der Waals surface area contributed by atoms with Gasteiger partial charge in [-0.25, -0.2) is 0 Å². The molecule has 18 heavy (non-hydrogen) atoms. The van der Waals surface area contributed by atoms with Gasteiger partial charge in [-0.2, -0.15) is 5.26 Å². The van der Waals surface area contributed by atoms with Crippen molar-refractivity contribution in [2.75, 3.05) is 12.0 Å². The van der Waals surface area contributed by atoms with Crippen LogP contribution in [0.25, 0.3) is 0 Å². The third-order valence-electron chi connectivity index (χ3n) is 2.47. The topological polar surface area (TPSA) is 70.0 Å². The Hall–Kier alpha value is -1.67. The largest absolute Gasteiger partial charge is 0.350 e. The lowest BCUT2D eigenvalue weighted by atomic mass is 10.1. The van der Waals surface area contributed by atoms with Gasteiger partial charge in [-0.05, 0) is 31.5 Å². The van der Waals surface area contributed by atoms with Gasteiger partial charge >= 0.3 is 0 Å². The van der Waals surface area contributed by atoms with Gasteiger partial charge in [0, 0.05) is 34.4 Å². The highest BCUT2D eigenvalue weighted by atomic mass is 32.2. The van der Waals surface area contributed by atoms with Gasteiger partial charge in [0.25, 0.3) is 5.91 Å². The first-order chi connectivity index (χ1) is 8.52. The molecule has 0 radical (unpaired) electrons. The van der Waals surface area contributed by atoms with Gasteiger partial charge in [0.1, 0.15) is 0 Å². The maximum atomic E-state index is 11.9. The van der Waals surface area contributed by atoms with E-state index in [2.05, 4.69) is 5.32 Å². The van der Waals surface area contributed by atoms with E-state index >= 15 is 0 Å². The predicted octanol–water partition coefficient (Wildman–Crippen LogP) is 1.45. The second kappa shape index (κ2) is 6.92. The zero-order valence-electron chi connectivity index (χ0n) is 10.5. The maximum Gasteiger partial charge on any atom is 0.251 e. The Bertz CT molecular complexity index is 494. The molecule has 1 aromatic carbocycles. The molecule has 0 saturated heterocycles. The van der Waals surface area contributed by atoms with Crippen LogP contribution < -0.4 is 5.32 Å². The molecule has 2 unspecified atom stereocenters. The summed E-state index contributed by atoms with van der Waals surface area (Å²) in [4.78, 5) is 11.9. The van der Waals surface area contributed by atoms with E-state index in [0.29, 0.717) is 23.3 Å². The highest BCUT2D eigenvalue weighted by Crippen LogP contribution is 2.05. The number of nitrogens with one attached hydrogen (secondary N) is 1. The summed E-state index contributed by atoms with van der Waals surface area (Å²) in [5.41, 5.74) is 0.934. The van der Waals surface area contributed by atoms with E-state index in [9.17, 15) is 9.00 Å². The van der Waals surface area contributed by atoms with E-state index in [4.69, 9.17) is 5.26 Å². The lowest BCUT2D eigenvalue weighted by Crippen LogP contribution is -2.33. The Morgan fingerprint density at radius 3 is 2.89 bits per heavy atom. The molecule has 0 saturated carbocycles. The molecule has 5 heteroatoms. The van der Waals surface area contributed by atoms with Crippen molar-refractivity contribution < 1.29 is 9.00 Å². The van der Waals surface area contributed by atoms with E-state index in [1.807, 2.05) is 13.0 Å². The van der Waals surface area contributed by atoms with E-state index in [1.54, 1.807) is 30.5 Å². The molecule has 0 aliphatic carbocycles. The lowest BCUT2D eigenvalue weighted by Gasteiger charge is -2.13. The van der Waals surface area contributed by atoms with Crippen molar-refractivity contribution in [3.05, 3.63) is 35.4 Å². The summed E-state index contributed by atoms with van der Waals surface area (Å²) in [6, 6.07) is 8.52. The van der Waals surface area contributed by atoms with Crippen LogP contribution in [0.1, 0.15) is 29.3 Å². The van der Waals surface area contributed by atoms with Gasteiger partial charge in [-0.1, -0.05) is 6.07 Å². The SMILES string of the molecule is CC(CCS(C)=O)NC(=O)c1cccc(C#N)c1. The first kappa shape index (κ1) is 14.4. The van der Waals surface area contributed by atoms with Crippen LogP contribution in [0.5, 0.6) is 0 Å². The van der Waals surface area contributed by atoms with Gasteiger partial charge < -0.3 is 5.32 Å². The number of amides is 1. The number of hydrogen-bond donors (Lipinski definition) is 1. The molecule has 1 aromatic rings. The van der Waals surface area contributed by atoms with Crippen molar-refractivity contribution in [1.82, 2.24) is 5.32 Å². The minimum atomic E-state index is -0.845. The Labute approximate surface area is 109 Å². The fourth-order valence-corrected chi connectivity index (χ4v) is 2.14. The number of benzene rings is 1. The van der Waals surface area contributed by atoms with Crippen molar-refractivity contribution in [1.29, 1.82) is 5.26 Å². The minimum Gasteiger partial charge on any atom is -0.350 e. The quantitative estimate of drug-likeness (QED) is 0.875. The summed E-state index contributed by atoms with van der Waals surface area (Å²) < 4.78 is 10.9. The molecule has 2 atom stereocenters. The predicted molar refractivity (Wildman–Crippen MR) is 71.6 cm³/mol. The molecule has 1 N–H and O–H groups in total. The van der Waals surface area contributed by atoms with Crippen LogP contribution in [0, 0.1) is 11.3 Å². The summed E-state index contributed by atoms with van der Waals surface area (Å²) in [6.45, 7) is 1.87. The summed E-state index contributed by atoms with van der Waals surface area (Å²) >= 11 is 0. The second-order valence-corrected chi connectivity index (χ2v) is 5.69. The second-order valence-electron chi connectivity index (χ2n) is 4.13. The minimum absolute atomic E-state index is 0.0351. The maximum absolute atomic E-state index is 11.9. The molecule has 4 nitrogen and oxygen atoms in total. The lowest BCUT2D eigenvalue weighted by molar-refractivity contribution is 0.0939. The van der Waals surface area contributed by atoms with Gasteiger partial charge in [0.2, 0.25) is 0 Å². The molecule has 96 valence electrons. The first-order valence-corrected chi connectivity index (χ1v) is 7.36. The zero-order chi connectivity index (χ0) is 13.5. The molecule has 1 rings (SSSR count). The van der Waals surface area contributed by atoms with Gasteiger partial charge in [0.05, 0.1) is 11.6 Å². The number of carbonyl (C=O) groups is 1. The van der Waals surface area contributed by atoms with Crippen LogP contribution in [-0.2, 0) is 10.8 Å². The molecular formula is C13H16N2O2S. The van der Waals surface area contributed by atoms with E-state index < -0.39 is 10.8 Å². The molecular weight excluding hydrogens is 248 g/mol. The number of nitrogens with zero attached hydrogens (tertiary/aromatic N) is 1. The zero-order valence-corrected chi connectivity index (χ0v) is 11.3. The molecule has 0 heterocycles. The average Bonchev–Trinajstić information content (AvgIpc) is 2.36. The van der Waals surface area contributed by atoms with Gasteiger partial charge in [-0.15, -0.1) is 0 Å². The van der Waals surface area contributed by atoms with Crippen LogP contribution in [0.3, 0.4) is 0 Å². The Kier molecular flexibility index (Phi) is 5.53. The average molecular weight is 264 g/mol. The molecule has 0 bridgehead atoms. The number of carbonyl (C=O) groups excluding carboxylic acids is 1. The standard InChI is InChI=1S/C13H16N2O2S/c1-10(6-7-18(2)17)15-13(16)12-5-3-4-11(8-12)9-14/h3-5,8,10H,6-7H2,1-2H3,(H,15,16). The highest BCUT2D eigenvalue weighted by molar-refractivity contribution is 7.84. The van der Waals surface area contributed by atoms with Crippen molar-refractivity contribution in [3.63, 3.8) is 0 Å². The van der Waals surface area contributed by atoms with Gasteiger partial charge in [-0.3, -0.25) is 9.00 Å². The molecule has 1 amide bonds. The third kappa shape index (κ3) is 4.68. The van der Waals surface area contributed by atoms with Crippen LogP contribution in [0.15, 0.2) is 24.3 Å². The van der Waals surface area contributed by atoms with Gasteiger partial charge in [0.15, 0.2) is 0 Å². The summed E-state index contributed by atoms with van der Waals surface area (Å²) in [7, 11) is -0.845. The molecule has 0 spiro atoms. The smallest absolute Gasteiger partial charge is 0.251 e. The van der Waals surface area contributed by atoms with E-state index in [1.165, 1.54) is 0 Å². The molecule has 0 aromatic heterocycles. The molecule has 0 aliphatic rings. The fourth-order valence-electron chi connectivity index (χ4n) is 1.45. The van der Waals surface area contributed by atoms with Crippen molar-refractivity contribution in [2.45, 2.75) is 19.4 Å². The summed E-state index contributed by atoms with van der Waals surface area (Å²) in [5.74, 6) is 0.362. The third-order valence-corrected chi connectivity index (χ3v) is 3.28. The van der Waals surface area contributed by atoms with Crippen LogP contribution in [0.4, 0.5) is 0 Å². The highest BCUT2D eigenvalue weighted by Gasteiger charge is 2.10. The van der Waals surface area contributed by atoms with Crippen molar-refractivity contribution >= 4 is 16.7 Å². The molecule has 0 fully saturated rings. The Morgan fingerprint density at radius 1 is 1.56 bits per heavy atom. The number of hydrogen-bond acceptors (Lipinski definition) is 3. The van der Waals surface area contributed by atoms with Crippen LogP contribution >= 0.6 is 0 Å². The van der Waals surface area contributed by atoms with Crippen molar-refractivity contribution in [3.8, 4) is 6.07 Å².